The smallest absolute Gasteiger partial charge is 0.326 e. The topological polar surface area (TPSA) is 57.6 Å². The number of nitrogens with zero attached hydrogens (tertiary/aromatic N) is 1. The molecule has 0 aromatic heterocycles. The molecule has 1 amide bonds. The van der Waals surface area contributed by atoms with Gasteiger partial charge in [-0.1, -0.05) is 25.0 Å². The minimum atomic E-state index is -0.931. The van der Waals surface area contributed by atoms with E-state index in [1.807, 2.05) is 0 Å². The molecule has 4 unspecified atom stereocenters. The first kappa shape index (κ1) is 16.0. The van der Waals surface area contributed by atoms with Crippen molar-refractivity contribution in [2.75, 3.05) is 0 Å². The fourth-order valence-corrected chi connectivity index (χ4v) is 4.14. The summed E-state index contributed by atoms with van der Waals surface area (Å²) < 4.78 is 13.4. The van der Waals surface area contributed by atoms with Crippen molar-refractivity contribution in [1.82, 2.24) is 4.90 Å². The summed E-state index contributed by atoms with van der Waals surface area (Å²) >= 11 is 0. The number of rotatable bonds is 3. The number of carbonyl (C=O) groups is 2. The van der Waals surface area contributed by atoms with Gasteiger partial charge in [-0.2, -0.15) is 0 Å². The van der Waals surface area contributed by atoms with Gasteiger partial charge in [-0.05, 0) is 49.8 Å². The zero-order valence-corrected chi connectivity index (χ0v) is 13.2. The van der Waals surface area contributed by atoms with Crippen LogP contribution in [0.3, 0.4) is 0 Å². The van der Waals surface area contributed by atoms with Gasteiger partial charge < -0.3 is 10.0 Å². The van der Waals surface area contributed by atoms with Crippen molar-refractivity contribution in [2.24, 2.45) is 5.92 Å². The molecule has 1 saturated heterocycles. The van der Waals surface area contributed by atoms with E-state index in [1.54, 1.807) is 24.0 Å². The number of benzene rings is 1. The number of aliphatic carboxylic acids is 1. The molecule has 2 aliphatic rings. The van der Waals surface area contributed by atoms with Crippen LogP contribution in [0.4, 0.5) is 4.39 Å². The van der Waals surface area contributed by atoms with Gasteiger partial charge in [-0.25, -0.2) is 9.18 Å². The molecule has 124 valence electrons. The second-order valence-corrected chi connectivity index (χ2v) is 6.72. The number of amides is 1. The maximum atomic E-state index is 13.4. The van der Waals surface area contributed by atoms with E-state index in [-0.39, 0.29) is 23.7 Å². The summed E-state index contributed by atoms with van der Waals surface area (Å²) in [4.78, 5) is 26.2. The van der Waals surface area contributed by atoms with Gasteiger partial charge in [0, 0.05) is 6.04 Å². The second kappa shape index (κ2) is 6.30. The average molecular weight is 319 g/mol. The molecule has 0 spiro atoms. The van der Waals surface area contributed by atoms with Crippen LogP contribution in [-0.2, 0) is 9.59 Å². The molecule has 1 saturated carbocycles. The molecule has 1 aromatic rings. The van der Waals surface area contributed by atoms with Gasteiger partial charge in [0.05, 0.1) is 5.92 Å². The lowest BCUT2D eigenvalue weighted by molar-refractivity contribution is -0.150. The summed E-state index contributed by atoms with van der Waals surface area (Å²) in [5.74, 6) is -1.76. The molecule has 0 radical (unpaired) electrons. The summed E-state index contributed by atoms with van der Waals surface area (Å²) in [7, 11) is 0. The van der Waals surface area contributed by atoms with E-state index < -0.39 is 17.9 Å². The predicted octanol–water partition coefficient (Wildman–Crippen LogP) is 3.17. The van der Waals surface area contributed by atoms with Crippen molar-refractivity contribution < 1.29 is 19.1 Å². The Balaban J connectivity index is 1.87. The number of likely N-dealkylation sites (tertiary alicyclic amines) is 1. The van der Waals surface area contributed by atoms with E-state index in [4.69, 9.17) is 0 Å². The highest BCUT2D eigenvalue weighted by molar-refractivity contribution is 5.89. The van der Waals surface area contributed by atoms with E-state index in [2.05, 4.69) is 0 Å². The summed E-state index contributed by atoms with van der Waals surface area (Å²) in [5, 5.41) is 9.52. The van der Waals surface area contributed by atoms with Crippen LogP contribution in [0.5, 0.6) is 0 Å². The van der Waals surface area contributed by atoms with Crippen LogP contribution < -0.4 is 0 Å². The molecule has 4 nitrogen and oxygen atoms in total. The fraction of sp³-hybridized carbons (Fsp3) is 0.556. The van der Waals surface area contributed by atoms with Crippen LogP contribution in [0.1, 0.15) is 50.5 Å². The number of carboxylic acids is 1. The molecule has 2 fully saturated rings. The molecule has 0 bridgehead atoms. The third-order valence-electron chi connectivity index (χ3n) is 5.35. The lowest BCUT2D eigenvalue weighted by Crippen LogP contribution is -2.47. The monoisotopic (exact) mass is 319 g/mol. The summed E-state index contributed by atoms with van der Waals surface area (Å²) in [6, 6.07) is 5.27. The molecular formula is C18H22FNO3. The van der Waals surface area contributed by atoms with Crippen LogP contribution in [0, 0.1) is 11.7 Å². The molecule has 1 N–H and O–H groups in total. The summed E-state index contributed by atoms with van der Waals surface area (Å²) in [5.41, 5.74) is 0.596. The number of carbonyl (C=O) groups excluding carboxylic acids is 1. The van der Waals surface area contributed by atoms with Crippen LogP contribution in [-0.4, -0.2) is 34.0 Å². The predicted molar refractivity (Wildman–Crippen MR) is 83.4 cm³/mol. The van der Waals surface area contributed by atoms with Crippen LogP contribution in [0.25, 0.3) is 0 Å². The maximum absolute atomic E-state index is 13.4. The summed E-state index contributed by atoms with van der Waals surface area (Å²) in [6.07, 6.45) is 4.55. The molecular weight excluding hydrogens is 297 g/mol. The Labute approximate surface area is 135 Å². The van der Waals surface area contributed by atoms with Gasteiger partial charge in [0.25, 0.3) is 0 Å². The van der Waals surface area contributed by atoms with Gasteiger partial charge in [0.2, 0.25) is 5.91 Å². The summed E-state index contributed by atoms with van der Waals surface area (Å²) in [6.45, 7) is 1.73. The third-order valence-corrected chi connectivity index (χ3v) is 5.35. The molecule has 1 aliphatic heterocycles. The number of fused-ring (bicyclic) bond motifs is 1. The van der Waals surface area contributed by atoms with E-state index in [0.29, 0.717) is 12.0 Å². The lowest BCUT2D eigenvalue weighted by Gasteiger charge is -2.34. The first-order valence-electron chi connectivity index (χ1n) is 8.29. The van der Waals surface area contributed by atoms with Gasteiger partial charge in [-0.15, -0.1) is 0 Å². The Hall–Kier alpha value is -1.91. The quantitative estimate of drug-likeness (QED) is 0.931. The second-order valence-electron chi connectivity index (χ2n) is 6.72. The molecule has 1 aliphatic carbocycles. The standard InChI is InChI=1S/C18H22FNO3/c1-11(12-6-4-7-14(19)9-12)17(21)20-15-8-3-2-5-13(15)10-16(20)18(22)23/h4,6-7,9,11,13,15-16H,2-3,5,8,10H2,1H3,(H,22,23). The first-order chi connectivity index (χ1) is 11.0. The number of hydrogen-bond donors (Lipinski definition) is 1. The zero-order valence-electron chi connectivity index (χ0n) is 13.2. The number of hydrogen-bond acceptors (Lipinski definition) is 2. The van der Waals surface area contributed by atoms with Crippen LogP contribution in [0.2, 0.25) is 0 Å². The Bertz CT molecular complexity index is 618. The Morgan fingerprint density at radius 2 is 2.04 bits per heavy atom. The normalized spacial score (nSPS) is 28.3. The van der Waals surface area contributed by atoms with E-state index in [1.165, 1.54) is 12.1 Å². The van der Waals surface area contributed by atoms with Crippen molar-refractivity contribution in [3.63, 3.8) is 0 Å². The number of halogens is 1. The molecule has 23 heavy (non-hydrogen) atoms. The van der Waals surface area contributed by atoms with Crippen molar-refractivity contribution in [1.29, 1.82) is 0 Å². The van der Waals surface area contributed by atoms with Crippen molar-refractivity contribution in [3.8, 4) is 0 Å². The third kappa shape index (κ3) is 2.96. The highest BCUT2D eigenvalue weighted by atomic mass is 19.1. The Kier molecular flexibility index (Phi) is 4.37. The molecule has 3 rings (SSSR count). The number of carboxylic acid groups (broad SMARTS) is 1. The molecule has 5 heteroatoms. The van der Waals surface area contributed by atoms with Gasteiger partial charge >= 0.3 is 5.97 Å². The van der Waals surface area contributed by atoms with Crippen molar-refractivity contribution >= 4 is 11.9 Å². The first-order valence-corrected chi connectivity index (χ1v) is 8.29. The Morgan fingerprint density at radius 3 is 2.74 bits per heavy atom. The van der Waals surface area contributed by atoms with Crippen LogP contribution >= 0.6 is 0 Å². The van der Waals surface area contributed by atoms with Crippen molar-refractivity contribution in [3.05, 3.63) is 35.6 Å². The lowest BCUT2D eigenvalue weighted by atomic mass is 9.84. The minimum absolute atomic E-state index is 0.0216. The SMILES string of the molecule is CC(C(=O)N1C(C(=O)O)CC2CCCCC21)c1cccc(F)c1. The van der Waals surface area contributed by atoms with Gasteiger partial charge in [-0.3, -0.25) is 4.79 Å². The van der Waals surface area contributed by atoms with Crippen molar-refractivity contribution in [2.45, 2.75) is 57.0 Å². The maximum Gasteiger partial charge on any atom is 0.326 e. The highest BCUT2D eigenvalue weighted by Gasteiger charge is 2.48. The average Bonchev–Trinajstić information content (AvgIpc) is 2.93. The van der Waals surface area contributed by atoms with E-state index in [9.17, 15) is 19.1 Å². The molecule has 1 aromatic carbocycles. The molecule has 1 heterocycles. The molecule has 4 atom stereocenters. The van der Waals surface area contributed by atoms with E-state index in [0.717, 1.165) is 25.7 Å². The van der Waals surface area contributed by atoms with Gasteiger partial charge in [0.1, 0.15) is 11.9 Å². The zero-order chi connectivity index (χ0) is 16.6. The fourth-order valence-electron chi connectivity index (χ4n) is 4.14. The Morgan fingerprint density at radius 1 is 1.30 bits per heavy atom. The van der Waals surface area contributed by atoms with Crippen LogP contribution in [0.15, 0.2) is 24.3 Å². The van der Waals surface area contributed by atoms with E-state index >= 15 is 0 Å². The minimum Gasteiger partial charge on any atom is -0.480 e. The van der Waals surface area contributed by atoms with Gasteiger partial charge in [0.15, 0.2) is 0 Å². The highest BCUT2D eigenvalue weighted by Crippen LogP contribution is 2.41. The largest absolute Gasteiger partial charge is 0.480 e.